The number of anilines is 1. The monoisotopic (exact) mass is 360 g/mol. The lowest BCUT2D eigenvalue weighted by atomic mass is 9.95. The summed E-state index contributed by atoms with van der Waals surface area (Å²) in [5.74, 6) is 1.89. The second-order valence-electron chi connectivity index (χ2n) is 6.44. The highest BCUT2D eigenvalue weighted by atomic mass is 35.5. The maximum absolute atomic E-state index is 6.31. The van der Waals surface area contributed by atoms with Crippen molar-refractivity contribution in [3.05, 3.63) is 52.7 Å². The molecule has 0 bridgehead atoms. The van der Waals surface area contributed by atoms with E-state index in [0.29, 0.717) is 6.04 Å². The Kier molecular flexibility index (Phi) is 6.44. The van der Waals surface area contributed by atoms with Crippen LogP contribution < -0.4 is 5.32 Å². The smallest absolute Gasteiger partial charge is 0.126 e. The van der Waals surface area contributed by atoms with Crippen LogP contribution in [0.3, 0.4) is 0 Å². The van der Waals surface area contributed by atoms with Crippen molar-refractivity contribution in [3.8, 4) is 0 Å². The summed E-state index contributed by atoms with van der Waals surface area (Å²) < 4.78 is 0. The maximum Gasteiger partial charge on any atom is 0.126 e. The second kappa shape index (κ2) is 8.77. The van der Waals surface area contributed by atoms with Gasteiger partial charge in [-0.15, -0.1) is 11.8 Å². The molecule has 1 aliphatic carbocycles. The van der Waals surface area contributed by atoms with Crippen LogP contribution in [0.5, 0.6) is 0 Å². The van der Waals surface area contributed by atoms with Crippen LogP contribution in [0.25, 0.3) is 0 Å². The van der Waals surface area contributed by atoms with E-state index < -0.39 is 0 Å². The summed E-state index contributed by atoms with van der Waals surface area (Å²) in [7, 11) is 0. The average molecular weight is 361 g/mol. The minimum atomic E-state index is 0.599. The van der Waals surface area contributed by atoms with E-state index in [9.17, 15) is 0 Å². The molecule has 1 N–H and O–H groups in total. The lowest BCUT2D eigenvalue weighted by Gasteiger charge is -2.23. The Morgan fingerprint density at radius 2 is 1.92 bits per heavy atom. The molecule has 24 heavy (non-hydrogen) atoms. The third-order valence-electron chi connectivity index (χ3n) is 4.58. The van der Waals surface area contributed by atoms with E-state index in [1.54, 1.807) is 11.8 Å². The number of halogens is 1. The van der Waals surface area contributed by atoms with E-state index >= 15 is 0 Å². The van der Waals surface area contributed by atoms with E-state index in [4.69, 9.17) is 11.6 Å². The van der Waals surface area contributed by atoms with Crippen molar-refractivity contribution in [1.82, 2.24) is 4.98 Å². The lowest BCUT2D eigenvalue weighted by Crippen LogP contribution is -2.22. The summed E-state index contributed by atoms with van der Waals surface area (Å²) in [5.41, 5.74) is 2.55. The van der Waals surface area contributed by atoms with Crippen molar-refractivity contribution in [2.45, 2.75) is 62.1 Å². The highest BCUT2D eigenvalue weighted by Gasteiger charge is 2.13. The number of thioether (sulfide) groups is 1. The number of pyridine rings is 1. The standard InChI is InChI=1S/C20H25ClN2S/c1-2-15-8-10-18(21)19(12-15)24-14-16-9-11-20(22-13-16)23-17-6-4-3-5-7-17/h8-13,17H,2-7,14H2,1H3,(H,22,23). The van der Waals surface area contributed by atoms with Gasteiger partial charge in [0.1, 0.15) is 5.82 Å². The third kappa shape index (κ3) is 4.90. The van der Waals surface area contributed by atoms with Crippen LogP contribution in [-0.2, 0) is 12.2 Å². The molecule has 3 rings (SSSR count). The zero-order valence-corrected chi connectivity index (χ0v) is 15.8. The van der Waals surface area contributed by atoms with E-state index in [0.717, 1.165) is 27.9 Å². The first-order chi connectivity index (χ1) is 11.7. The van der Waals surface area contributed by atoms with Gasteiger partial charge in [-0.25, -0.2) is 4.98 Å². The molecule has 2 nitrogen and oxygen atoms in total. The number of benzene rings is 1. The normalized spacial score (nSPS) is 15.4. The summed E-state index contributed by atoms with van der Waals surface area (Å²) >= 11 is 8.09. The number of nitrogens with one attached hydrogen (secondary N) is 1. The minimum absolute atomic E-state index is 0.599. The summed E-state index contributed by atoms with van der Waals surface area (Å²) in [4.78, 5) is 5.74. The molecule has 0 aliphatic heterocycles. The molecular formula is C20H25ClN2S. The van der Waals surface area contributed by atoms with Crippen LogP contribution in [0, 0.1) is 0 Å². The summed E-state index contributed by atoms with van der Waals surface area (Å²) in [6.45, 7) is 2.17. The molecule has 0 atom stereocenters. The summed E-state index contributed by atoms with van der Waals surface area (Å²) in [5, 5.41) is 4.40. The molecule has 1 saturated carbocycles. The first-order valence-corrected chi connectivity index (χ1v) is 10.2. The SMILES string of the molecule is CCc1ccc(Cl)c(SCc2ccc(NC3CCCCC3)nc2)c1. The number of hydrogen-bond donors (Lipinski definition) is 1. The first kappa shape index (κ1) is 17.6. The van der Waals surface area contributed by atoms with E-state index in [-0.39, 0.29) is 0 Å². The van der Waals surface area contributed by atoms with Gasteiger partial charge in [-0.05, 0) is 48.6 Å². The lowest BCUT2D eigenvalue weighted by molar-refractivity contribution is 0.462. The number of nitrogens with zero attached hydrogens (tertiary/aromatic N) is 1. The van der Waals surface area contributed by atoms with Gasteiger partial charge < -0.3 is 5.32 Å². The molecule has 2 aromatic rings. The molecule has 1 fully saturated rings. The van der Waals surface area contributed by atoms with E-state index in [2.05, 4.69) is 41.5 Å². The van der Waals surface area contributed by atoms with Gasteiger partial charge in [0.05, 0.1) is 5.02 Å². The molecule has 1 heterocycles. The fraction of sp³-hybridized carbons (Fsp3) is 0.450. The summed E-state index contributed by atoms with van der Waals surface area (Å²) in [6.07, 6.45) is 9.61. The zero-order valence-electron chi connectivity index (χ0n) is 14.2. The molecule has 128 valence electrons. The first-order valence-electron chi connectivity index (χ1n) is 8.87. The molecule has 0 saturated heterocycles. The number of aryl methyl sites for hydroxylation is 1. The number of aromatic nitrogens is 1. The Morgan fingerprint density at radius 3 is 2.62 bits per heavy atom. The largest absolute Gasteiger partial charge is 0.367 e. The molecule has 1 aromatic carbocycles. The Hall–Kier alpha value is -1.19. The van der Waals surface area contributed by atoms with Gasteiger partial charge in [-0.1, -0.05) is 49.9 Å². The number of rotatable bonds is 6. The van der Waals surface area contributed by atoms with Crippen molar-refractivity contribution in [2.24, 2.45) is 0 Å². The van der Waals surface area contributed by atoms with Crippen LogP contribution in [0.1, 0.15) is 50.2 Å². The van der Waals surface area contributed by atoms with Crippen LogP contribution in [0.2, 0.25) is 5.02 Å². The van der Waals surface area contributed by atoms with Crippen molar-refractivity contribution in [3.63, 3.8) is 0 Å². The summed E-state index contributed by atoms with van der Waals surface area (Å²) in [6, 6.07) is 11.2. The molecule has 0 amide bonds. The average Bonchev–Trinajstić information content (AvgIpc) is 2.63. The van der Waals surface area contributed by atoms with Gasteiger partial charge in [0.25, 0.3) is 0 Å². The number of hydrogen-bond acceptors (Lipinski definition) is 3. The van der Waals surface area contributed by atoms with Crippen molar-refractivity contribution in [1.29, 1.82) is 0 Å². The topological polar surface area (TPSA) is 24.9 Å². The van der Waals surface area contributed by atoms with Gasteiger partial charge in [-0.3, -0.25) is 0 Å². The molecule has 0 radical (unpaired) electrons. The fourth-order valence-electron chi connectivity index (χ4n) is 3.09. The predicted molar refractivity (Wildman–Crippen MR) is 105 cm³/mol. The van der Waals surface area contributed by atoms with Crippen molar-refractivity contribution >= 4 is 29.2 Å². The van der Waals surface area contributed by atoms with Crippen LogP contribution in [-0.4, -0.2) is 11.0 Å². The van der Waals surface area contributed by atoms with E-state index in [1.165, 1.54) is 43.2 Å². The minimum Gasteiger partial charge on any atom is -0.367 e. The van der Waals surface area contributed by atoms with Crippen molar-refractivity contribution in [2.75, 3.05) is 5.32 Å². The van der Waals surface area contributed by atoms with Crippen LogP contribution in [0.15, 0.2) is 41.4 Å². The zero-order chi connectivity index (χ0) is 16.8. The predicted octanol–water partition coefficient (Wildman–Crippen LogP) is 6.33. The third-order valence-corrected chi connectivity index (χ3v) is 6.15. The van der Waals surface area contributed by atoms with Crippen LogP contribution >= 0.6 is 23.4 Å². The Morgan fingerprint density at radius 1 is 1.12 bits per heavy atom. The molecule has 1 aliphatic rings. The van der Waals surface area contributed by atoms with E-state index in [1.807, 2.05) is 12.3 Å². The molecular weight excluding hydrogens is 336 g/mol. The van der Waals surface area contributed by atoms with Gasteiger partial charge in [0.2, 0.25) is 0 Å². The molecule has 0 unspecified atom stereocenters. The Balaban J connectivity index is 1.56. The van der Waals surface area contributed by atoms with Crippen molar-refractivity contribution < 1.29 is 0 Å². The Bertz CT molecular complexity index is 651. The quantitative estimate of drug-likeness (QED) is 0.609. The fourth-order valence-corrected chi connectivity index (χ4v) is 4.31. The van der Waals surface area contributed by atoms with Gasteiger partial charge >= 0.3 is 0 Å². The van der Waals surface area contributed by atoms with Gasteiger partial charge in [0.15, 0.2) is 0 Å². The highest BCUT2D eigenvalue weighted by molar-refractivity contribution is 7.98. The van der Waals surface area contributed by atoms with Gasteiger partial charge in [0, 0.05) is 22.9 Å². The Labute approximate surface area is 154 Å². The molecule has 1 aromatic heterocycles. The van der Waals surface area contributed by atoms with Crippen LogP contribution in [0.4, 0.5) is 5.82 Å². The molecule has 4 heteroatoms. The second-order valence-corrected chi connectivity index (χ2v) is 7.86. The van der Waals surface area contributed by atoms with Gasteiger partial charge in [-0.2, -0.15) is 0 Å². The highest BCUT2D eigenvalue weighted by Crippen LogP contribution is 2.31. The maximum atomic E-state index is 6.31. The molecule has 0 spiro atoms.